The standard InChI is InChI=1S/C17H15N3O3S/c21-13-8-4-7-12(9-13)19-17-20-16(23)14(24-17)10-15(22)18-11-5-2-1-3-6-11/h1-9,14,21H,10H2,(H,18,22)(H,19,20,23)/t14-/m1/s1. The highest BCUT2D eigenvalue weighted by Crippen LogP contribution is 2.26. The van der Waals surface area contributed by atoms with E-state index in [0.717, 1.165) is 0 Å². The first kappa shape index (κ1) is 16.1. The highest BCUT2D eigenvalue weighted by atomic mass is 32.2. The maximum absolute atomic E-state index is 12.0. The molecule has 0 unspecified atom stereocenters. The van der Waals surface area contributed by atoms with Gasteiger partial charge in [-0.2, -0.15) is 0 Å². The van der Waals surface area contributed by atoms with Gasteiger partial charge in [-0.05, 0) is 24.3 Å². The smallest absolute Gasteiger partial charge is 0.240 e. The number of amidine groups is 1. The number of phenols is 1. The third kappa shape index (κ3) is 4.14. The summed E-state index contributed by atoms with van der Waals surface area (Å²) in [6.07, 6.45) is 0.0600. The molecule has 1 atom stereocenters. The average Bonchev–Trinajstić information content (AvgIpc) is 2.87. The molecule has 2 aromatic carbocycles. The average molecular weight is 341 g/mol. The van der Waals surface area contributed by atoms with Gasteiger partial charge in [-0.25, -0.2) is 4.99 Å². The van der Waals surface area contributed by atoms with Crippen LogP contribution in [0, 0.1) is 0 Å². The molecular formula is C17H15N3O3S. The first-order chi connectivity index (χ1) is 11.6. The van der Waals surface area contributed by atoms with E-state index in [2.05, 4.69) is 15.6 Å². The lowest BCUT2D eigenvalue weighted by Gasteiger charge is -2.07. The number of phenolic OH excluding ortho intramolecular Hbond substituents is 1. The van der Waals surface area contributed by atoms with E-state index in [1.807, 2.05) is 18.2 Å². The van der Waals surface area contributed by atoms with Crippen molar-refractivity contribution in [2.75, 3.05) is 5.32 Å². The van der Waals surface area contributed by atoms with Crippen LogP contribution < -0.4 is 10.6 Å². The van der Waals surface area contributed by atoms with Gasteiger partial charge in [-0.3, -0.25) is 9.59 Å². The quantitative estimate of drug-likeness (QED) is 0.797. The summed E-state index contributed by atoms with van der Waals surface area (Å²) in [7, 11) is 0. The van der Waals surface area contributed by atoms with Crippen LogP contribution >= 0.6 is 11.8 Å². The molecule has 7 heteroatoms. The van der Waals surface area contributed by atoms with Crippen LogP contribution in [0.3, 0.4) is 0 Å². The number of para-hydroxylation sites is 1. The highest BCUT2D eigenvalue weighted by molar-refractivity contribution is 8.15. The van der Waals surface area contributed by atoms with Gasteiger partial charge in [0.25, 0.3) is 0 Å². The Bertz CT molecular complexity index is 793. The summed E-state index contributed by atoms with van der Waals surface area (Å²) in [5, 5.41) is 14.7. The van der Waals surface area contributed by atoms with Crippen LogP contribution in [0.15, 0.2) is 59.6 Å². The zero-order valence-electron chi connectivity index (χ0n) is 12.6. The predicted molar refractivity (Wildman–Crippen MR) is 94.4 cm³/mol. The lowest BCUT2D eigenvalue weighted by Crippen LogP contribution is -2.28. The van der Waals surface area contributed by atoms with Crippen LogP contribution in [0.25, 0.3) is 0 Å². The fourth-order valence-electron chi connectivity index (χ4n) is 2.17. The number of rotatable bonds is 4. The molecule has 2 amide bonds. The number of nitrogens with zero attached hydrogens (tertiary/aromatic N) is 1. The number of carbonyl (C=O) groups is 2. The fourth-order valence-corrected chi connectivity index (χ4v) is 3.16. The van der Waals surface area contributed by atoms with Gasteiger partial charge >= 0.3 is 0 Å². The molecule has 1 aliphatic heterocycles. The van der Waals surface area contributed by atoms with Gasteiger partial charge in [0.15, 0.2) is 5.17 Å². The number of aromatic hydroxyl groups is 1. The van der Waals surface area contributed by atoms with Gasteiger partial charge in [0.1, 0.15) is 11.0 Å². The summed E-state index contributed by atoms with van der Waals surface area (Å²) in [4.78, 5) is 28.3. The van der Waals surface area contributed by atoms with Gasteiger partial charge in [-0.1, -0.05) is 36.0 Å². The first-order valence-corrected chi connectivity index (χ1v) is 8.18. The number of carbonyl (C=O) groups excluding carboxylic acids is 2. The van der Waals surface area contributed by atoms with Gasteiger partial charge in [0, 0.05) is 18.2 Å². The summed E-state index contributed by atoms with van der Waals surface area (Å²) in [6.45, 7) is 0. The molecule has 3 rings (SSSR count). The van der Waals surface area contributed by atoms with Gasteiger partial charge in [-0.15, -0.1) is 0 Å². The van der Waals surface area contributed by atoms with E-state index < -0.39 is 5.25 Å². The number of thioether (sulfide) groups is 1. The minimum Gasteiger partial charge on any atom is -0.508 e. The van der Waals surface area contributed by atoms with Crippen molar-refractivity contribution in [1.82, 2.24) is 5.32 Å². The van der Waals surface area contributed by atoms with Crippen LogP contribution in [-0.4, -0.2) is 27.3 Å². The van der Waals surface area contributed by atoms with E-state index >= 15 is 0 Å². The minimum absolute atomic E-state index is 0.0600. The third-order valence-corrected chi connectivity index (χ3v) is 4.35. The molecule has 0 aliphatic carbocycles. The van der Waals surface area contributed by atoms with Crippen molar-refractivity contribution in [3.63, 3.8) is 0 Å². The van der Waals surface area contributed by atoms with Crippen molar-refractivity contribution in [2.45, 2.75) is 11.7 Å². The molecule has 6 nitrogen and oxygen atoms in total. The summed E-state index contributed by atoms with van der Waals surface area (Å²) in [5.74, 6) is -0.375. The minimum atomic E-state index is -0.523. The first-order valence-electron chi connectivity index (χ1n) is 7.30. The van der Waals surface area contributed by atoms with Crippen molar-refractivity contribution in [3.8, 4) is 5.75 Å². The molecule has 3 N–H and O–H groups in total. The number of nitrogens with one attached hydrogen (secondary N) is 2. The normalized spacial score (nSPS) is 18.4. The van der Waals surface area contributed by atoms with Crippen LogP contribution in [-0.2, 0) is 9.59 Å². The Balaban J connectivity index is 1.61. The van der Waals surface area contributed by atoms with Crippen molar-refractivity contribution < 1.29 is 14.7 Å². The molecule has 1 heterocycles. The van der Waals surface area contributed by atoms with E-state index in [9.17, 15) is 14.7 Å². The topological polar surface area (TPSA) is 90.8 Å². The molecule has 1 fully saturated rings. The number of amides is 2. The third-order valence-electron chi connectivity index (χ3n) is 3.27. The van der Waals surface area contributed by atoms with Crippen molar-refractivity contribution >= 4 is 40.1 Å². The number of benzene rings is 2. The maximum atomic E-state index is 12.0. The van der Waals surface area contributed by atoms with E-state index in [1.54, 1.807) is 30.3 Å². The molecular weight excluding hydrogens is 326 g/mol. The molecule has 1 aliphatic rings. The molecule has 0 bridgehead atoms. The zero-order chi connectivity index (χ0) is 16.9. The van der Waals surface area contributed by atoms with E-state index in [1.165, 1.54) is 17.8 Å². The van der Waals surface area contributed by atoms with E-state index in [0.29, 0.717) is 16.5 Å². The SMILES string of the molecule is O=C(C[C@H]1SC(=Nc2cccc(O)c2)NC1=O)Nc1ccccc1. The second kappa shape index (κ2) is 7.18. The molecule has 0 spiro atoms. The molecule has 24 heavy (non-hydrogen) atoms. The fraction of sp³-hybridized carbons (Fsp3) is 0.118. The maximum Gasteiger partial charge on any atom is 0.240 e. The van der Waals surface area contributed by atoms with Gasteiger partial charge in [0.2, 0.25) is 11.8 Å². The van der Waals surface area contributed by atoms with Crippen molar-refractivity contribution in [2.24, 2.45) is 4.99 Å². The van der Waals surface area contributed by atoms with Crippen molar-refractivity contribution in [1.29, 1.82) is 0 Å². The molecule has 2 aromatic rings. The monoisotopic (exact) mass is 341 g/mol. The predicted octanol–water partition coefficient (Wildman–Crippen LogP) is 2.64. The van der Waals surface area contributed by atoms with E-state index in [-0.39, 0.29) is 24.0 Å². The Morgan fingerprint density at radius 2 is 2.00 bits per heavy atom. The highest BCUT2D eigenvalue weighted by Gasteiger charge is 2.32. The zero-order valence-corrected chi connectivity index (χ0v) is 13.4. The summed E-state index contributed by atoms with van der Waals surface area (Å²) < 4.78 is 0. The number of hydrogen-bond donors (Lipinski definition) is 3. The summed E-state index contributed by atoms with van der Waals surface area (Å²) in [5.41, 5.74) is 1.23. The second-order valence-electron chi connectivity index (χ2n) is 5.15. The summed E-state index contributed by atoms with van der Waals surface area (Å²) in [6, 6.07) is 15.5. The molecule has 0 radical (unpaired) electrons. The Morgan fingerprint density at radius 3 is 2.75 bits per heavy atom. The van der Waals surface area contributed by atoms with Crippen LogP contribution in [0.2, 0.25) is 0 Å². The Morgan fingerprint density at radius 1 is 1.21 bits per heavy atom. The Kier molecular flexibility index (Phi) is 4.81. The van der Waals surface area contributed by atoms with E-state index in [4.69, 9.17) is 0 Å². The number of anilines is 1. The van der Waals surface area contributed by atoms with Crippen LogP contribution in [0.4, 0.5) is 11.4 Å². The molecule has 0 saturated carbocycles. The van der Waals surface area contributed by atoms with Crippen molar-refractivity contribution in [3.05, 3.63) is 54.6 Å². The molecule has 1 saturated heterocycles. The van der Waals surface area contributed by atoms with Crippen LogP contribution in [0.5, 0.6) is 5.75 Å². The molecule has 122 valence electrons. The number of hydrogen-bond acceptors (Lipinski definition) is 5. The summed E-state index contributed by atoms with van der Waals surface area (Å²) >= 11 is 1.21. The lowest BCUT2D eigenvalue weighted by molar-refractivity contribution is -0.122. The number of aliphatic imine (C=N–C) groups is 1. The Hall–Kier alpha value is -2.80. The lowest BCUT2D eigenvalue weighted by atomic mass is 10.2. The second-order valence-corrected chi connectivity index (χ2v) is 6.34. The Labute approximate surface area is 143 Å². The van der Waals surface area contributed by atoms with Crippen LogP contribution in [0.1, 0.15) is 6.42 Å². The molecule has 0 aromatic heterocycles. The van der Waals surface area contributed by atoms with Gasteiger partial charge in [0.05, 0.1) is 5.69 Å². The van der Waals surface area contributed by atoms with Gasteiger partial charge < -0.3 is 15.7 Å². The largest absolute Gasteiger partial charge is 0.508 e.